The summed E-state index contributed by atoms with van der Waals surface area (Å²) in [5.74, 6) is 0.279. The molecule has 0 atom stereocenters. The van der Waals surface area contributed by atoms with Crippen LogP contribution < -0.4 is 3.79 Å². The van der Waals surface area contributed by atoms with Gasteiger partial charge in [0.1, 0.15) is 0 Å². The lowest BCUT2D eigenvalue weighted by Crippen LogP contribution is -2.06. The summed E-state index contributed by atoms with van der Waals surface area (Å²) in [6.07, 6.45) is 0. The fourth-order valence-corrected chi connectivity index (χ4v) is 1.38. The van der Waals surface area contributed by atoms with Crippen LogP contribution in [0.15, 0.2) is 24.3 Å². The van der Waals surface area contributed by atoms with Gasteiger partial charge in [-0.3, -0.25) is 0 Å². The van der Waals surface area contributed by atoms with E-state index >= 15 is 0 Å². The molecule has 68 valence electrons. The second-order valence-corrected chi connectivity index (χ2v) is 2.83. The number of benzene rings is 1. The molecule has 1 rings (SSSR count). The summed E-state index contributed by atoms with van der Waals surface area (Å²) >= 11 is 0.567. The molecule has 0 aliphatic carbocycles. The third kappa shape index (κ3) is 2.48. The predicted molar refractivity (Wildman–Crippen MR) is 51.6 cm³/mol. The lowest BCUT2D eigenvalue weighted by Gasteiger charge is -2.08. The molecule has 3 nitrogen and oxygen atoms in total. The monoisotopic (exact) mass is 194 g/mol. The van der Waals surface area contributed by atoms with Gasteiger partial charge in [-0.25, -0.2) is 4.79 Å². The van der Waals surface area contributed by atoms with Crippen LogP contribution in [0.2, 0.25) is 0 Å². The first-order chi connectivity index (χ1) is 6.29. The van der Waals surface area contributed by atoms with Crippen LogP contribution in [0.4, 0.5) is 0 Å². The van der Waals surface area contributed by atoms with E-state index in [4.69, 9.17) is 8.53 Å². The van der Waals surface area contributed by atoms with Crippen molar-refractivity contribution in [1.82, 2.24) is 0 Å². The van der Waals surface area contributed by atoms with Crippen LogP contribution in [0.25, 0.3) is 0 Å². The smallest absolute Gasteiger partial charge is 0.496 e. The minimum atomic E-state index is -0.325. The van der Waals surface area contributed by atoms with Crippen molar-refractivity contribution in [3.8, 4) is 5.75 Å². The largest absolute Gasteiger partial charge is 0.647 e. The van der Waals surface area contributed by atoms with Gasteiger partial charge in [0.05, 0.1) is 17.9 Å². The molecule has 13 heavy (non-hydrogen) atoms. The molecule has 0 aliphatic rings. The van der Waals surface area contributed by atoms with Gasteiger partial charge >= 0.3 is 22.6 Å². The van der Waals surface area contributed by atoms with E-state index in [1.807, 2.05) is 6.07 Å². The first-order valence-electron chi connectivity index (χ1n) is 4.09. The second kappa shape index (κ2) is 4.91. The number of carbonyl (C=O) groups excluding carboxylic acids is 1. The summed E-state index contributed by atoms with van der Waals surface area (Å²) in [7, 11) is 0. The molecule has 0 N–H and O–H groups in total. The van der Waals surface area contributed by atoms with Crippen molar-refractivity contribution in [3.05, 3.63) is 29.8 Å². The number of esters is 1. The lowest BCUT2D eigenvalue weighted by atomic mass is 10.2. The Kier molecular flexibility index (Phi) is 3.81. The summed E-state index contributed by atoms with van der Waals surface area (Å²) in [5.41, 5.74) is 0.499. The van der Waals surface area contributed by atoms with E-state index in [9.17, 15) is 4.79 Å². The maximum Gasteiger partial charge on any atom is 0.496 e. The maximum atomic E-state index is 11.3. The first kappa shape index (κ1) is 10.1. The van der Waals surface area contributed by atoms with Crippen LogP contribution in [0, 0.1) is 0 Å². The quantitative estimate of drug-likeness (QED) is 0.527. The molecule has 0 bridgehead atoms. The summed E-state index contributed by atoms with van der Waals surface area (Å²) < 4.78 is 10.0. The SMILES string of the molecule is CCOC(=O)c1ccccc1[O][AlH2]. The van der Waals surface area contributed by atoms with Gasteiger partial charge < -0.3 is 8.53 Å². The summed E-state index contributed by atoms with van der Waals surface area (Å²) in [5, 5.41) is 0. The van der Waals surface area contributed by atoms with Gasteiger partial charge in [0.15, 0.2) is 0 Å². The molecule has 0 aromatic heterocycles. The Balaban J connectivity index is 2.92. The first-order valence-corrected chi connectivity index (χ1v) is 4.91. The van der Waals surface area contributed by atoms with Crippen molar-refractivity contribution in [1.29, 1.82) is 0 Å². The zero-order valence-electron chi connectivity index (χ0n) is 7.74. The van der Waals surface area contributed by atoms with Crippen LogP contribution in [0.5, 0.6) is 5.75 Å². The van der Waals surface area contributed by atoms with Gasteiger partial charge in [0.2, 0.25) is 0 Å². The topological polar surface area (TPSA) is 35.5 Å². The van der Waals surface area contributed by atoms with Crippen LogP contribution in [-0.4, -0.2) is 29.2 Å². The average molecular weight is 194 g/mol. The molecule has 0 fully saturated rings. The van der Waals surface area contributed by atoms with E-state index in [1.165, 1.54) is 0 Å². The van der Waals surface area contributed by atoms with E-state index in [-0.39, 0.29) is 5.97 Å². The van der Waals surface area contributed by atoms with Crippen molar-refractivity contribution in [2.45, 2.75) is 6.92 Å². The molecule has 0 spiro atoms. The molecule has 4 heteroatoms. The summed E-state index contributed by atoms with van der Waals surface area (Å²) in [4.78, 5) is 11.3. The van der Waals surface area contributed by atoms with E-state index < -0.39 is 0 Å². The minimum absolute atomic E-state index is 0.325. The molecular weight excluding hydrogens is 183 g/mol. The van der Waals surface area contributed by atoms with E-state index in [0.29, 0.717) is 34.5 Å². The molecule has 0 radical (unpaired) electrons. The van der Waals surface area contributed by atoms with Crippen molar-refractivity contribution in [3.63, 3.8) is 0 Å². The number of hydrogen-bond acceptors (Lipinski definition) is 3. The Bertz CT molecular complexity index is 299. The normalized spacial score (nSPS) is 9.31. The highest BCUT2D eigenvalue weighted by Gasteiger charge is 2.10. The third-order valence-electron chi connectivity index (χ3n) is 1.60. The van der Waals surface area contributed by atoms with Crippen molar-refractivity contribution in [2.75, 3.05) is 6.61 Å². The molecule has 0 saturated carbocycles. The fraction of sp³-hybridized carbons (Fsp3) is 0.222. The molecule has 0 unspecified atom stereocenters. The Morgan fingerprint density at radius 1 is 1.46 bits per heavy atom. The van der Waals surface area contributed by atoms with E-state index in [2.05, 4.69) is 0 Å². The lowest BCUT2D eigenvalue weighted by molar-refractivity contribution is 0.0524. The zero-order chi connectivity index (χ0) is 9.68. The molecule has 1 aromatic rings. The van der Waals surface area contributed by atoms with Crippen molar-refractivity contribution in [2.24, 2.45) is 0 Å². The van der Waals surface area contributed by atoms with Crippen molar-refractivity contribution < 1.29 is 13.3 Å². The van der Waals surface area contributed by atoms with Crippen molar-refractivity contribution >= 4 is 22.6 Å². The highest BCUT2D eigenvalue weighted by atomic mass is 27.1. The summed E-state index contributed by atoms with van der Waals surface area (Å²) in [6, 6.07) is 7.08. The highest BCUT2D eigenvalue weighted by Crippen LogP contribution is 2.17. The third-order valence-corrected chi connectivity index (χ3v) is 2.04. The minimum Gasteiger partial charge on any atom is -0.647 e. The average Bonchev–Trinajstić information content (AvgIpc) is 2.18. The molecular formula is C9H11AlO3. The van der Waals surface area contributed by atoms with Gasteiger partial charge in [0.25, 0.3) is 0 Å². The molecule has 0 saturated heterocycles. The van der Waals surface area contributed by atoms with E-state index in [1.54, 1.807) is 25.1 Å². The number of hydrogen-bond donors (Lipinski definition) is 0. The Hall–Kier alpha value is -0.978. The molecule has 0 aliphatic heterocycles. The van der Waals surface area contributed by atoms with Gasteiger partial charge in [0, 0.05) is 0 Å². The maximum absolute atomic E-state index is 11.3. The predicted octanol–water partition coefficient (Wildman–Crippen LogP) is 0.790. The molecule has 0 amide bonds. The molecule has 0 heterocycles. The van der Waals surface area contributed by atoms with Gasteiger partial charge in [-0.2, -0.15) is 0 Å². The van der Waals surface area contributed by atoms with Gasteiger partial charge in [-0.05, 0) is 19.1 Å². The van der Waals surface area contributed by atoms with Crippen LogP contribution in [0.3, 0.4) is 0 Å². The summed E-state index contributed by atoms with van der Waals surface area (Å²) in [6.45, 7) is 2.16. The fourth-order valence-electron chi connectivity index (χ4n) is 1.02. The molecule has 1 aromatic carbocycles. The number of para-hydroxylation sites is 1. The highest BCUT2D eigenvalue weighted by molar-refractivity contribution is 6.02. The van der Waals surface area contributed by atoms with Crippen LogP contribution in [-0.2, 0) is 4.74 Å². The van der Waals surface area contributed by atoms with E-state index in [0.717, 1.165) is 0 Å². The standard InChI is InChI=1S/C9H10O3.Al.2H/c1-2-12-9(11)7-5-3-4-6-8(7)10;;;/h3-6,10H,2H2,1H3;;;/q;+1;;/p-1. The Morgan fingerprint density at radius 3 is 2.77 bits per heavy atom. The van der Waals surface area contributed by atoms with Gasteiger partial charge in [-0.1, -0.05) is 12.1 Å². The second-order valence-electron chi connectivity index (χ2n) is 2.42. The van der Waals surface area contributed by atoms with Crippen LogP contribution >= 0.6 is 0 Å². The number of ether oxygens (including phenoxy) is 1. The van der Waals surface area contributed by atoms with Crippen LogP contribution in [0.1, 0.15) is 17.3 Å². The Labute approximate surface area is 85.4 Å². The van der Waals surface area contributed by atoms with Gasteiger partial charge in [-0.15, -0.1) is 0 Å². The number of rotatable bonds is 3. The number of carbonyl (C=O) groups is 1. The Morgan fingerprint density at radius 2 is 2.15 bits per heavy atom. The zero-order valence-corrected chi connectivity index (χ0v) is 9.74.